The molecule has 90 valence electrons. The fourth-order valence-electron chi connectivity index (χ4n) is 1.80. The second kappa shape index (κ2) is 4.23. The van der Waals surface area contributed by atoms with Gasteiger partial charge in [-0.2, -0.15) is 4.98 Å². The first-order valence-corrected chi connectivity index (χ1v) is 5.57. The molecule has 1 aromatic carbocycles. The Kier molecular flexibility index (Phi) is 2.58. The van der Waals surface area contributed by atoms with E-state index < -0.39 is 0 Å². The number of oxazole rings is 1. The summed E-state index contributed by atoms with van der Waals surface area (Å²) in [6.45, 7) is 3.09. The van der Waals surface area contributed by atoms with E-state index in [-0.39, 0.29) is 0 Å². The van der Waals surface area contributed by atoms with Crippen molar-refractivity contribution in [2.24, 2.45) is 0 Å². The van der Waals surface area contributed by atoms with Crippen molar-refractivity contribution in [3.8, 4) is 0 Å². The normalized spacial score (nSPS) is 17.4. The van der Waals surface area contributed by atoms with Gasteiger partial charge in [0.05, 0.1) is 13.2 Å². The van der Waals surface area contributed by atoms with Crippen LogP contribution < -0.4 is 11.2 Å². The van der Waals surface area contributed by atoms with Gasteiger partial charge in [0.25, 0.3) is 0 Å². The number of hydrazine groups is 1. The zero-order chi connectivity index (χ0) is 11.7. The van der Waals surface area contributed by atoms with Crippen LogP contribution in [0.3, 0.4) is 0 Å². The quantitative estimate of drug-likeness (QED) is 0.757. The van der Waals surface area contributed by atoms with Gasteiger partial charge in [-0.1, -0.05) is 0 Å². The summed E-state index contributed by atoms with van der Waals surface area (Å²) in [7, 11) is 0. The lowest BCUT2D eigenvalue weighted by Gasteiger charge is -2.25. The molecule has 3 rings (SSSR count). The molecule has 0 spiro atoms. The largest absolute Gasteiger partial charge is 0.423 e. The average Bonchev–Trinajstić information content (AvgIpc) is 2.71. The minimum Gasteiger partial charge on any atom is -0.423 e. The lowest BCUT2D eigenvalue weighted by Crippen LogP contribution is -2.40. The number of rotatable bonds is 2. The van der Waals surface area contributed by atoms with Crippen molar-refractivity contribution in [1.82, 2.24) is 9.99 Å². The molecule has 0 radical (unpaired) electrons. The fourth-order valence-corrected chi connectivity index (χ4v) is 1.80. The number of hydrogen-bond acceptors (Lipinski definition) is 6. The molecule has 1 fully saturated rings. The number of anilines is 2. The number of morpholine rings is 1. The number of nitrogens with zero attached hydrogens (tertiary/aromatic N) is 2. The molecule has 0 saturated carbocycles. The lowest BCUT2D eigenvalue weighted by atomic mass is 10.3. The maximum atomic E-state index is 5.69. The van der Waals surface area contributed by atoms with Crippen molar-refractivity contribution >= 4 is 22.8 Å². The first-order chi connectivity index (χ1) is 8.31. The van der Waals surface area contributed by atoms with Crippen molar-refractivity contribution in [1.29, 1.82) is 0 Å². The third-order valence-electron chi connectivity index (χ3n) is 2.68. The molecule has 2 aromatic rings. The molecule has 0 bridgehead atoms. The van der Waals surface area contributed by atoms with E-state index in [1.807, 2.05) is 11.1 Å². The zero-order valence-electron chi connectivity index (χ0n) is 9.35. The smallest absolute Gasteiger partial charge is 0.310 e. The van der Waals surface area contributed by atoms with Gasteiger partial charge in [-0.25, -0.2) is 5.01 Å². The van der Waals surface area contributed by atoms with E-state index in [1.165, 1.54) is 0 Å². The first kappa shape index (κ1) is 10.4. The third-order valence-corrected chi connectivity index (χ3v) is 2.68. The van der Waals surface area contributed by atoms with Crippen LogP contribution in [-0.4, -0.2) is 36.3 Å². The van der Waals surface area contributed by atoms with Crippen LogP contribution in [0.5, 0.6) is 0 Å². The molecular weight excluding hydrogens is 220 g/mol. The second-order valence-corrected chi connectivity index (χ2v) is 3.96. The minimum absolute atomic E-state index is 0.493. The molecule has 0 unspecified atom stereocenters. The molecule has 1 saturated heterocycles. The van der Waals surface area contributed by atoms with Crippen molar-refractivity contribution in [2.75, 3.05) is 37.5 Å². The summed E-state index contributed by atoms with van der Waals surface area (Å²) in [5, 5.41) is 2.03. The Morgan fingerprint density at radius 2 is 2.12 bits per heavy atom. The summed E-state index contributed by atoms with van der Waals surface area (Å²) in [6.07, 6.45) is 0. The summed E-state index contributed by atoms with van der Waals surface area (Å²) < 4.78 is 10.8. The Balaban J connectivity index is 1.80. The molecular formula is C11H14N4O2. The Morgan fingerprint density at radius 1 is 1.29 bits per heavy atom. The number of nitrogens with one attached hydrogen (secondary N) is 1. The molecule has 6 heteroatoms. The van der Waals surface area contributed by atoms with E-state index in [4.69, 9.17) is 14.9 Å². The summed E-state index contributed by atoms with van der Waals surface area (Å²) >= 11 is 0. The molecule has 2 heterocycles. The highest BCUT2D eigenvalue weighted by Crippen LogP contribution is 2.21. The Morgan fingerprint density at radius 3 is 2.94 bits per heavy atom. The molecule has 17 heavy (non-hydrogen) atoms. The van der Waals surface area contributed by atoms with Crippen LogP contribution in [0.15, 0.2) is 22.6 Å². The van der Waals surface area contributed by atoms with E-state index in [0.29, 0.717) is 11.7 Å². The van der Waals surface area contributed by atoms with Gasteiger partial charge >= 0.3 is 6.01 Å². The van der Waals surface area contributed by atoms with Crippen LogP contribution in [-0.2, 0) is 4.74 Å². The highest BCUT2D eigenvalue weighted by Gasteiger charge is 2.13. The molecule has 0 atom stereocenters. The second-order valence-electron chi connectivity index (χ2n) is 3.96. The van der Waals surface area contributed by atoms with Crippen molar-refractivity contribution in [2.45, 2.75) is 0 Å². The Hall–Kier alpha value is -1.79. The molecule has 0 amide bonds. The van der Waals surface area contributed by atoms with E-state index >= 15 is 0 Å². The number of nitrogens with two attached hydrogens (primary N) is 1. The SMILES string of the molecule is Nc1ccc2oc(NN3CCOCC3)nc2c1. The topological polar surface area (TPSA) is 76.5 Å². The molecule has 3 N–H and O–H groups in total. The maximum Gasteiger partial charge on any atom is 0.310 e. The standard InChI is InChI=1S/C11H14N4O2/c12-8-1-2-10-9(7-8)13-11(17-10)14-15-3-5-16-6-4-15/h1-2,7H,3-6,12H2,(H,13,14). The number of fused-ring (bicyclic) bond motifs is 1. The van der Waals surface area contributed by atoms with Gasteiger partial charge in [-0.15, -0.1) is 0 Å². The van der Waals surface area contributed by atoms with E-state index in [9.17, 15) is 0 Å². The average molecular weight is 234 g/mol. The monoisotopic (exact) mass is 234 g/mol. The van der Waals surface area contributed by atoms with Gasteiger partial charge in [0, 0.05) is 18.8 Å². The summed E-state index contributed by atoms with van der Waals surface area (Å²) in [6, 6.07) is 5.91. The fraction of sp³-hybridized carbons (Fsp3) is 0.364. The summed E-state index contributed by atoms with van der Waals surface area (Å²) in [5.41, 5.74) is 11.0. The number of benzene rings is 1. The third kappa shape index (κ3) is 2.17. The summed E-state index contributed by atoms with van der Waals surface area (Å²) in [5.74, 6) is 0. The van der Waals surface area contributed by atoms with Crippen LogP contribution in [0.4, 0.5) is 11.7 Å². The zero-order valence-corrected chi connectivity index (χ0v) is 9.35. The van der Waals surface area contributed by atoms with Crippen LogP contribution in [0.2, 0.25) is 0 Å². The lowest BCUT2D eigenvalue weighted by molar-refractivity contribution is 0.0484. The molecule has 6 nitrogen and oxygen atoms in total. The highest BCUT2D eigenvalue weighted by molar-refractivity contribution is 5.78. The van der Waals surface area contributed by atoms with E-state index in [2.05, 4.69) is 10.4 Å². The van der Waals surface area contributed by atoms with Crippen LogP contribution in [0, 0.1) is 0 Å². The van der Waals surface area contributed by atoms with Gasteiger partial charge in [-0.05, 0) is 18.2 Å². The van der Waals surface area contributed by atoms with Crippen molar-refractivity contribution < 1.29 is 9.15 Å². The van der Waals surface area contributed by atoms with Crippen LogP contribution in [0.1, 0.15) is 0 Å². The molecule has 1 aromatic heterocycles. The number of aromatic nitrogens is 1. The van der Waals surface area contributed by atoms with Crippen molar-refractivity contribution in [3.63, 3.8) is 0 Å². The van der Waals surface area contributed by atoms with E-state index in [0.717, 1.165) is 37.4 Å². The summed E-state index contributed by atoms with van der Waals surface area (Å²) in [4.78, 5) is 4.33. The van der Waals surface area contributed by atoms with Crippen molar-refractivity contribution in [3.05, 3.63) is 18.2 Å². The highest BCUT2D eigenvalue weighted by atomic mass is 16.5. The Bertz CT molecular complexity index is 519. The molecule has 1 aliphatic heterocycles. The predicted octanol–water partition coefficient (Wildman–Crippen LogP) is 1.07. The number of hydrogen-bond donors (Lipinski definition) is 2. The number of ether oxygens (including phenoxy) is 1. The van der Waals surface area contributed by atoms with Gasteiger partial charge in [0.2, 0.25) is 0 Å². The molecule has 1 aliphatic rings. The van der Waals surface area contributed by atoms with Gasteiger partial charge in [0.1, 0.15) is 5.52 Å². The van der Waals surface area contributed by atoms with Crippen LogP contribution in [0.25, 0.3) is 11.1 Å². The maximum absolute atomic E-state index is 5.69. The van der Waals surface area contributed by atoms with E-state index in [1.54, 1.807) is 12.1 Å². The Labute approximate surface area is 98.3 Å². The van der Waals surface area contributed by atoms with Crippen LogP contribution >= 0.6 is 0 Å². The number of nitrogen functional groups attached to an aromatic ring is 1. The molecule has 0 aliphatic carbocycles. The van der Waals surface area contributed by atoms with Gasteiger partial charge < -0.3 is 14.9 Å². The predicted molar refractivity (Wildman–Crippen MR) is 64.4 cm³/mol. The van der Waals surface area contributed by atoms with Gasteiger partial charge in [0.15, 0.2) is 5.58 Å². The first-order valence-electron chi connectivity index (χ1n) is 5.57. The minimum atomic E-state index is 0.493. The van der Waals surface area contributed by atoms with Gasteiger partial charge in [-0.3, -0.25) is 5.43 Å².